The van der Waals surface area contributed by atoms with E-state index in [1.54, 1.807) is 48.7 Å². The molecule has 1 aliphatic carbocycles. The molecule has 5 atom stereocenters. The second-order valence-electron chi connectivity index (χ2n) is 15.5. The largest absolute Gasteiger partial charge is 0.490 e. The van der Waals surface area contributed by atoms with Gasteiger partial charge in [-0.25, -0.2) is 4.79 Å². The number of alkyl halides is 3. The van der Waals surface area contributed by atoms with Crippen LogP contribution in [-0.2, 0) is 33.6 Å². The molecule has 2 aromatic rings. The molecule has 4 rings (SSSR count). The van der Waals surface area contributed by atoms with Crippen LogP contribution in [0.2, 0.25) is 0 Å². The molecule has 0 spiro atoms. The van der Waals surface area contributed by atoms with Gasteiger partial charge in [0.2, 0.25) is 35.4 Å². The van der Waals surface area contributed by atoms with Crippen molar-refractivity contribution >= 4 is 70.4 Å². The first-order valence-electron chi connectivity index (χ1n) is 20.4. The van der Waals surface area contributed by atoms with E-state index in [4.69, 9.17) is 15.6 Å². The molecule has 2 aliphatic rings. The lowest BCUT2D eigenvalue weighted by Gasteiger charge is -2.29. The Balaban J connectivity index is 0.00000143. The highest BCUT2D eigenvalue weighted by atomic mass is 32.2. The maximum atomic E-state index is 13.8. The summed E-state index contributed by atoms with van der Waals surface area (Å²) < 4.78 is 31.7. The fraction of sp³-hybridized carbons (Fsp3) is 0.500. The summed E-state index contributed by atoms with van der Waals surface area (Å²) in [5.41, 5.74) is 7.51. The fourth-order valence-corrected chi connectivity index (χ4v) is 7.29. The molecule has 9 N–H and O–H groups in total. The van der Waals surface area contributed by atoms with Crippen molar-refractivity contribution in [1.82, 2.24) is 31.5 Å². The van der Waals surface area contributed by atoms with Gasteiger partial charge in [0.05, 0.1) is 18.2 Å². The predicted molar refractivity (Wildman–Crippen MR) is 230 cm³/mol. The number of hydrogen-bond donors (Lipinski definition) is 8. The zero-order valence-corrected chi connectivity index (χ0v) is 36.9. The average molecular weight is 921 g/mol. The van der Waals surface area contributed by atoms with Crippen LogP contribution in [0.25, 0.3) is 0 Å². The van der Waals surface area contributed by atoms with Crippen molar-refractivity contribution in [2.45, 2.75) is 89.8 Å². The van der Waals surface area contributed by atoms with E-state index >= 15 is 0 Å². The van der Waals surface area contributed by atoms with Crippen LogP contribution in [0.5, 0.6) is 0 Å². The van der Waals surface area contributed by atoms with Gasteiger partial charge >= 0.3 is 12.1 Å². The first kappa shape index (κ1) is 52.3. The number of carbonyl (C=O) groups is 9. The molecule has 350 valence electrons. The third-order valence-electron chi connectivity index (χ3n) is 9.90. The van der Waals surface area contributed by atoms with E-state index in [2.05, 4.69) is 31.9 Å². The maximum absolute atomic E-state index is 13.8. The third kappa shape index (κ3) is 14.8. The van der Waals surface area contributed by atoms with Gasteiger partial charge in [-0.2, -0.15) is 24.9 Å². The third-order valence-corrected chi connectivity index (χ3v) is 10.6. The standard InChI is InChI=1S/C40H54N8O8S.C2HF3O2/c1-22(2)19-29(46-32(49)20-44-38(54)30(21-57-5)47-37(53)24(4)45-36(52)23(3)41)40(56)48-18-9-15-31(48)39(55)43-17-10-16-42-28-14-8-13-27-33(28)35(51)26-12-7-6-11-25(26)34(27)50;3-2(4,5)1(6)7/h6-8,11-14,22-24,29-31,42H,9-10,15-21,41H2,1-5H3,(H,43,55)(H,44,54)(H,45,52)(H,46,49)(H,47,53);(H,6,7)/t23-,24-,29-,30-,31-;/m0./s1. The molecular weight excluding hydrogens is 866 g/mol. The molecule has 1 fully saturated rings. The zero-order valence-electron chi connectivity index (χ0n) is 36.1. The Morgan fingerprint density at radius 2 is 1.45 bits per heavy atom. The van der Waals surface area contributed by atoms with Gasteiger partial charge in [-0.1, -0.05) is 50.2 Å². The Kier molecular flexibility index (Phi) is 19.7. The molecule has 22 heteroatoms. The number of halogens is 3. The van der Waals surface area contributed by atoms with E-state index in [0.717, 1.165) is 0 Å². The molecule has 18 nitrogen and oxygen atoms in total. The highest BCUT2D eigenvalue weighted by Crippen LogP contribution is 2.32. The number of aliphatic carboxylic acids is 1. The summed E-state index contributed by atoms with van der Waals surface area (Å²) >= 11 is 1.30. The number of anilines is 1. The molecule has 0 radical (unpaired) electrons. The minimum Gasteiger partial charge on any atom is -0.475 e. The van der Waals surface area contributed by atoms with Crippen molar-refractivity contribution in [2.75, 3.05) is 43.5 Å². The van der Waals surface area contributed by atoms with Gasteiger partial charge in [0, 0.05) is 47.8 Å². The normalized spacial score (nSPS) is 16.1. The Morgan fingerprint density at radius 1 is 0.828 bits per heavy atom. The average Bonchev–Trinajstić information content (AvgIpc) is 3.74. The summed E-state index contributed by atoms with van der Waals surface area (Å²) in [5.74, 6) is -6.03. The Morgan fingerprint density at radius 3 is 2.05 bits per heavy atom. The summed E-state index contributed by atoms with van der Waals surface area (Å²) in [7, 11) is 0. The number of nitrogens with two attached hydrogens (primary N) is 1. The van der Waals surface area contributed by atoms with Crippen molar-refractivity contribution in [3.63, 3.8) is 0 Å². The van der Waals surface area contributed by atoms with Crippen LogP contribution in [0.4, 0.5) is 18.9 Å². The molecule has 0 aromatic heterocycles. The number of thioether (sulfide) groups is 1. The lowest BCUT2D eigenvalue weighted by molar-refractivity contribution is -0.192. The summed E-state index contributed by atoms with van der Waals surface area (Å²) in [5, 5.41) is 23.6. The Bertz CT molecular complexity index is 2070. The molecule has 0 bridgehead atoms. The maximum Gasteiger partial charge on any atom is 0.490 e. The molecule has 1 heterocycles. The molecule has 1 aliphatic heterocycles. The number of nitrogens with one attached hydrogen (secondary N) is 6. The number of rotatable bonds is 19. The second kappa shape index (κ2) is 24.1. The van der Waals surface area contributed by atoms with Crippen LogP contribution in [0.15, 0.2) is 42.5 Å². The minimum absolute atomic E-state index is 0.0144. The Hall–Kier alpha value is -6.03. The van der Waals surface area contributed by atoms with E-state index in [9.17, 15) is 51.5 Å². The lowest BCUT2D eigenvalue weighted by atomic mass is 9.83. The smallest absolute Gasteiger partial charge is 0.475 e. The monoisotopic (exact) mass is 920 g/mol. The van der Waals surface area contributed by atoms with Crippen LogP contribution in [0.1, 0.15) is 85.2 Å². The van der Waals surface area contributed by atoms with Gasteiger partial charge in [-0.05, 0) is 57.8 Å². The van der Waals surface area contributed by atoms with Gasteiger partial charge in [0.1, 0.15) is 24.2 Å². The molecule has 6 amide bonds. The van der Waals surface area contributed by atoms with Crippen molar-refractivity contribution in [3.05, 3.63) is 64.7 Å². The number of nitrogens with zero attached hydrogens (tertiary/aromatic N) is 1. The predicted octanol–water partition coefficient (Wildman–Crippen LogP) is 1.35. The number of carboxylic acid groups (broad SMARTS) is 1. The van der Waals surface area contributed by atoms with Crippen LogP contribution < -0.4 is 37.6 Å². The van der Waals surface area contributed by atoms with E-state index in [1.807, 2.05) is 13.8 Å². The number of ketones is 2. The molecule has 2 aromatic carbocycles. The van der Waals surface area contributed by atoms with Gasteiger partial charge in [-0.3, -0.25) is 38.4 Å². The van der Waals surface area contributed by atoms with Crippen LogP contribution >= 0.6 is 11.8 Å². The first-order valence-corrected chi connectivity index (χ1v) is 21.8. The van der Waals surface area contributed by atoms with E-state index < -0.39 is 78.4 Å². The quantitative estimate of drug-likeness (QED) is 0.0790. The highest BCUT2D eigenvalue weighted by Gasteiger charge is 2.39. The van der Waals surface area contributed by atoms with Crippen molar-refractivity contribution < 1.29 is 61.4 Å². The van der Waals surface area contributed by atoms with Crippen LogP contribution in [0.3, 0.4) is 0 Å². The van der Waals surface area contributed by atoms with Crippen LogP contribution in [0, 0.1) is 5.92 Å². The van der Waals surface area contributed by atoms with Gasteiger partial charge in [0.25, 0.3) is 0 Å². The summed E-state index contributed by atoms with van der Waals surface area (Å²) in [6.45, 7) is 7.33. The number of carboxylic acids is 1. The highest BCUT2D eigenvalue weighted by molar-refractivity contribution is 7.98. The summed E-state index contributed by atoms with van der Waals surface area (Å²) in [4.78, 5) is 115. The zero-order chi connectivity index (χ0) is 47.9. The van der Waals surface area contributed by atoms with Gasteiger partial charge < -0.3 is 47.6 Å². The number of benzene rings is 2. The van der Waals surface area contributed by atoms with Crippen molar-refractivity contribution in [3.8, 4) is 0 Å². The molecule has 0 saturated carbocycles. The number of amides is 6. The number of hydrogen-bond acceptors (Lipinski definition) is 12. The summed E-state index contributed by atoms with van der Waals surface area (Å²) in [6, 6.07) is 7.42. The SMILES string of the molecule is CSC[C@H](NC(=O)[C@H](C)NC(=O)[C@H](C)N)C(=O)NCC(=O)N[C@@H](CC(C)C)C(=O)N1CCC[C@H]1C(=O)NCCCNc1cccc2c1C(=O)c1ccccc1C2=O.O=C(O)C(F)(F)F. The number of fused-ring (bicyclic) bond motifs is 2. The lowest BCUT2D eigenvalue weighted by Crippen LogP contribution is -2.57. The topological polar surface area (TPSA) is 275 Å². The van der Waals surface area contributed by atoms with Gasteiger partial charge in [-0.15, -0.1) is 0 Å². The first-order chi connectivity index (χ1) is 30.1. The second-order valence-corrected chi connectivity index (χ2v) is 16.4. The van der Waals surface area contributed by atoms with E-state index in [-0.39, 0.29) is 29.1 Å². The molecule has 0 unspecified atom stereocenters. The summed E-state index contributed by atoms with van der Waals surface area (Å²) in [6.07, 6.45) is -1.48. The molecule has 1 saturated heterocycles. The molecule has 64 heavy (non-hydrogen) atoms. The van der Waals surface area contributed by atoms with E-state index in [1.165, 1.54) is 30.5 Å². The van der Waals surface area contributed by atoms with Crippen LogP contribution in [-0.4, -0.2) is 138 Å². The minimum atomic E-state index is -5.08. The van der Waals surface area contributed by atoms with Crippen molar-refractivity contribution in [1.29, 1.82) is 0 Å². The molecular formula is C42H55F3N8O10S. The fourth-order valence-electron chi connectivity index (χ4n) is 6.72. The number of carbonyl (C=O) groups excluding carboxylic acids is 8. The van der Waals surface area contributed by atoms with Gasteiger partial charge in [0.15, 0.2) is 11.6 Å². The Labute approximate surface area is 372 Å². The van der Waals surface area contributed by atoms with E-state index in [0.29, 0.717) is 73.3 Å². The van der Waals surface area contributed by atoms with Crippen molar-refractivity contribution in [2.24, 2.45) is 11.7 Å². The number of likely N-dealkylation sites (tertiary alicyclic amines) is 1.